The molecule has 6 heteroatoms. The monoisotopic (exact) mass is 273 g/mol. The molecule has 0 saturated heterocycles. The van der Waals surface area contributed by atoms with Crippen molar-refractivity contribution < 1.29 is 19.1 Å². The molecule has 1 aromatic carbocycles. The average Bonchev–Trinajstić information content (AvgIpc) is 2.30. The molecule has 0 aliphatic rings. The third-order valence-corrected chi connectivity index (χ3v) is 2.80. The van der Waals surface area contributed by atoms with Crippen molar-refractivity contribution >= 4 is 23.5 Å². The van der Waals surface area contributed by atoms with Gasteiger partial charge in [0.15, 0.2) is 0 Å². The first-order chi connectivity index (χ1) is 8.45. The Morgan fingerprint density at radius 3 is 2.61 bits per heavy atom. The normalized spacial score (nSPS) is 10.2. The van der Waals surface area contributed by atoms with Gasteiger partial charge in [-0.05, 0) is 19.1 Å². The maximum Gasteiger partial charge on any atom is 0.323 e. The number of carbonyl (C=O) groups excluding carboxylic acids is 1. The molecule has 98 valence electrons. The number of amides is 1. The molecule has 0 aromatic heterocycles. The van der Waals surface area contributed by atoms with Crippen LogP contribution in [-0.2, 0) is 16.0 Å². The molecular weight excluding hydrogens is 261 g/mol. The maximum atomic E-state index is 13.5. The Labute approximate surface area is 109 Å². The number of carbonyl (C=O) groups is 2. The number of nitrogens with zero attached hydrogens (tertiary/aromatic N) is 1. The number of carboxylic acid groups (broad SMARTS) is 1. The van der Waals surface area contributed by atoms with Crippen LogP contribution in [0, 0.1) is 5.82 Å². The molecule has 0 heterocycles. The zero-order valence-corrected chi connectivity index (χ0v) is 10.6. The van der Waals surface area contributed by atoms with Gasteiger partial charge in [-0.1, -0.05) is 17.7 Å². The Hall–Kier alpha value is -1.62. The van der Waals surface area contributed by atoms with E-state index in [-0.39, 0.29) is 23.6 Å². The topological polar surface area (TPSA) is 57.6 Å². The lowest BCUT2D eigenvalue weighted by molar-refractivity contribution is -0.144. The molecule has 0 saturated carbocycles. The molecule has 0 radical (unpaired) electrons. The van der Waals surface area contributed by atoms with Crippen molar-refractivity contribution in [1.82, 2.24) is 4.90 Å². The fourth-order valence-electron chi connectivity index (χ4n) is 1.50. The summed E-state index contributed by atoms with van der Waals surface area (Å²) < 4.78 is 13.5. The van der Waals surface area contributed by atoms with E-state index in [0.29, 0.717) is 0 Å². The van der Waals surface area contributed by atoms with E-state index in [4.69, 9.17) is 16.7 Å². The van der Waals surface area contributed by atoms with Crippen LogP contribution in [0.5, 0.6) is 0 Å². The number of halogens is 2. The molecule has 1 aromatic rings. The van der Waals surface area contributed by atoms with Gasteiger partial charge in [0.2, 0.25) is 5.91 Å². The summed E-state index contributed by atoms with van der Waals surface area (Å²) in [4.78, 5) is 23.5. The lowest BCUT2D eigenvalue weighted by atomic mass is 10.1. The van der Waals surface area contributed by atoms with Crippen molar-refractivity contribution in [3.63, 3.8) is 0 Å². The van der Waals surface area contributed by atoms with Gasteiger partial charge in [0, 0.05) is 17.1 Å². The fraction of sp³-hybridized carbons (Fsp3) is 0.333. The third kappa shape index (κ3) is 3.70. The van der Waals surface area contributed by atoms with E-state index < -0.39 is 24.2 Å². The Morgan fingerprint density at radius 1 is 1.44 bits per heavy atom. The van der Waals surface area contributed by atoms with Crippen LogP contribution < -0.4 is 0 Å². The maximum absolute atomic E-state index is 13.5. The van der Waals surface area contributed by atoms with Crippen LogP contribution in [0.4, 0.5) is 4.39 Å². The van der Waals surface area contributed by atoms with E-state index in [1.54, 1.807) is 6.92 Å². The Bertz CT molecular complexity index is 444. The van der Waals surface area contributed by atoms with Crippen LogP contribution in [0.1, 0.15) is 12.5 Å². The van der Waals surface area contributed by atoms with Crippen LogP contribution in [0.15, 0.2) is 18.2 Å². The fourth-order valence-corrected chi connectivity index (χ4v) is 1.73. The summed E-state index contributed by atoms with van der Waals surface area (Å²) in [5, 5.41) is 8.81. The van der Waals surface area contributed by atoms with Crippen LogP contribution in [0.25, 0.3) is 0 Å². The minimum absolute atomic E-state index is 0.0907. The highest BCUT2D eigenvalue weighted by Gasteiger charge is 2.18. The van der Waals surface area contributed by atoms with Gasteiger partial charge in [0.1, 0.15) is 12.4 Å². The van der Waals surface area contributed by atoms with E-state index >= 15 is 0 Å². The Morgan fingerprint density at radius 2 is 2.11 bits per heavy atom. The van der Waals surface area contributed by atoms with E-state index in [2.05, 4.69) is 0 Å². The zero-order chi connectivity index (χ0) is 13.7. The highest BCUT2D eigenvalue weighted by molar-refractivity contribution is 6.31. The van der Waals surface area contributed by atoms with Crippen molar-refractivity contribution in [1.29, 1.82) is 0 Å². The standard InChI is InChI=1S/C12H13ClFNO3/c1-2-15(7-12(17)18)11(16)6-8-9(13)4-3-5-10(8)14/h3-5H,2,6-7H2,1H3,(H,17,18). The van der Waals surface area contributed by atoms with E-state index in [9.17, 15) is 14.0 Å². The second-order valence-electron chi connectivity index (χ2n) is 3.68. The van der Waals surface area contributed by atoms with E-state index in [0.717, 1.165) is 4.90 Å². The zero-order valence-electron chi connectivity index (χ0n) is 9.82. The first-order valence-electron chi connectivity index (χ1n) is 5.38. The van der Waals surface area contributed by atoms with Crippen LogP contribution in [0.3, 0.4) is 0 Å². The number of aliphatic carboxylic acids is 1. The van der Waals surface area contributed by atoms with Gasteiger partial charge in [-0.15, -0.1) is 0 Å². The third-order valence-electron chi connectivity index (χ3n) is 2.45. The molecule has 0 aliphatic heterocycles. The molecule has 0 unspecified atom stereocenters. The highest BCUT2D eigenvalue weighted by atomic mass is 35.5. The SMILES string of the molecule is CCN(CC(=O)O)C(=O)Cc1c(F)cccc1Cl. The number of likely N-dealkylation sites (N-methyl/N-ethyl adjacent to an activating group) is 1. The smallest absolute Gasteiger partial charge is 0.323 e. The molecule has 1 amide bonds. The molecule has 4 nitrogen and oxygen atoms in total. The number of hydrogen-bond acceptors (Lipinski definition) is 2. The summed E-state index contributed by atoms with van der Waals surface area (Å²) in [6.45, 7) is 1.50. The predicted molar refractivity (Wildman–Crippen MR) is 65.0 cm³/mol. The second kappa shape index (κ2) is 6.35. The average molecular weight is 274 g/mol. The van der Waals surface area contributed by atoms with Gasteiger partial charge in [0.05, 0.1) is 6.42 Å². The van der Waals surface area contributed by atoms with Crippen LogP contribution in [-0.4, -0.2) is 35.0 Å². The summed E-state index contributed by atoms with van der Waals surface area (Å²) in [6.07, 6.45) is -0.243. The lowest BCUT2D eigenvalue weighted by Crippen LogP contribution is -2.36. The summed E-state index contributed by atoms with van der Waals surface area (Å²) in [7, 11) is 0. The van der Waals surface area contributed by atoms with Crippen molar-refractivity contribution in [2.24, 2.45) is 0 Å². The molecule has 1 N–H and O–H groups in total. The largest absolute Gasteiger partial charge is 0.480 e. The summed E-state index contributed by atoms with van der Waals surface area (Å²) in [5.41, 5.74) is 0.0907. The molecule has 0 aliphatic carbocycles. The Kier molecular flexibility index (Phi) is 5.09. The van der Waals surface area contributed by atoms with Gasteiger partial charge in [0.25, 0.3) is 0 Å². The predicted octanol–water partition coefficient (Wildman–Crippen LogP) is 1.95. The number of benzene rings is 1. The van der Waals surface area contributed by atoms with Crippen LogP contribution in [0.2, 0.25) is 5.02 Å². The van der Waals surface area contributed by atoms with Crippen molar-refractivity contribution in [2.75, 3.05) is 13.1 Å². The lowest BCUT2D eigenvalue weighted by Gasteiger charge is -2.18. The van der Waals surface area contributed by atoms with Gasteiger partial charge in [-0.25, -0.2) is 4.39 Å². The quantitative estimate of drug-likeness (QED) is 0.892. The molecule has 0 atom stereocenters. The van der Waals surface area contributed by atoms with Crippen molar-refractivity contribution in [2.45, 2.75) is 13.3 Å². The molecule has 0 fully saturated rings. The summed E-state index contributed by atoms with van der Waals surface area (Å²) in [5.74, 6) is -2.14. The first-order valence-corrected chi connectivity index (χ1v) is 5.76. The van der Waals surface area contributed by atoms with E-state index in [1.807, 2.05) is 0 Å². The van der Waals surface area contributed by atoms with E-state index in [1.165, 1.54) is 18.2 Å². The number of rotatable bonds is 5. The summed E-state index contributed by atoms with van der Waals surface area (Å²) in [6, 6.07) is 4.14. The first kappa shape index (κ1) is 14.4. The minimum Gasteiger partial charge on any atom is -0.480 e. The highest BCUT2D eigenvalue weighted by Crippen LogP contribution is 2.20. The van der Waals surface area contributed by atoms with Crippen molar-refractivity contribution in [3.05, 3.63) is 34.6 Å². The summed E-state index contributed by atoms with van der Waals surface area (Å²) >= 11 is 5.80. The second-order valence-corrected chi connectivity index (χ2v) is 4.09. The van der Waals surface area contributed by atoms with Gasteiger partial charge < -0.3 is 10.0 Å². The van der Waals surface area contributed by atoms with Gasteiger partial charge >= 0.3 is 5.97 Å². The van der Waals surface area contributed by atoms with Crippen LogP contribution >= 0.6 is 11.6 Å². The molecule has 1 rings (SSSR count). The number of hydrogen-bond donors (Lipinski definition) is 1. The van der Waals surface area contributed by atoms with Gasteiger partial charge in [-0.3, -0.25) is 9.59 Å². The molecule has 0 bridgehead atoms. The molecule has 18 heavy (non-hydrogen) atoms. The molecule has 0 spiro atoms. The minimum atomic E-state index is -1.11. The molecular formula is C12H13ClFNO3. The Balaban J connectivity index is 2.83. The van der Waals surface area contributed by atoms with Crippen molar-refractivity contribution in [3.8, 4) is 0 Å². The number of carboxylic acids is 1. The van der Waals surface area contributed by atoms with Gasteiger partial charge in [-0.2, -0.15) is 0 Å².